The van der Waals surface area contributed by atoms with Crippen molar-refractivity contribution in [2.45, 2.75) is 44.7 Å². The Kier molecular flexibility index (Phi) is 3.47. The predicted molar refractivity (Wildman–Crippen MR) is 66.6 cm³/mol. The first-order valence-electron chi connectivity index (χ1n) is 6.17. The number of anilines is 1. The average Bonchev–Trinajstić information content (AvgIpc) is 2.29. The largest absolute Gasteiger partial charge is 0.382 e. The molecule has 0 atom stereocenters. The van der Waals surface area contributed by atoms with E-state index in [0.717, 1.165) is 18.5 Å². The van der Waals surface area contributed by atoms with Gasteiger partial charge in [-0.1, -0.05) is 37.0 Å². The molecule has 1 aliphatic rings. The highest BCUT2D eigenvalue weighted by molar-refractivity contribution is 5.44. The third-order valence-corrected chi connectivity index (χ3v) is 3.41. The number of nitrogens with one attached hydrogen (secondary N) is 1. The van der Waals surface area contributed by atoms with Crippen LogP contribution in [0, 0.1) is 6.92 Å². The number of alkyl halides is 1. The molecule has 2 rings (SSSR count). The van der Waals surface area contributed by atoms with Crippen LogP contribution in [-0.4, -0.2) is 12.2 Å². The predicted octanol–water partition coefficient (Wildman–Crippen LogP) is 4.08. The van der Waals surface area contributed by atoms with E-state index in [-0.39, 0.29) is 0 Å². The molecule has 1 N–H and O–H groups in total. The van der Waals surface area contributed by atoms with Crippen LogP contribution in [0.15, 0.2) is 24.3 Å². The lowest BCUT2D eigenvalue weighted by molar-refractivity contribution is 0.122. The van der Waals surface area contributed by atoms with Gasteiger partial charge in [-0.2, -0.15) is 0 Å². The summed E-state index contributed by atoms with van der Waals surface area (Å²) in [6, 6.07) is 8.13. The molecule has 1 saturated carbocycles. The van der Waals surface area contributed by atoms with Gasteiger partial charge >= 0.3 is 0 Å². The molecule has 88 valence electrons. The van der Waals surface area contributed by atoms with Crippen molar-refractivity contribution in [1.29, 1.82) is 0 Å². The summed E-state index contributed by atoms with van der Waals surface area (Å²) in [5, 5.41) is 3.21. The van der Waals surface area contributed by atoms with Crippen LogP contribution >= 0.6 is 0 Å². The molecule has 0 aliphatic heterocycles. The van der Waals surface area contributed by atoms with Gasteiger partial charge in [-0.05, 0) is 31.9 Å². The second kappa shape index (κ2) is 4.86. The molecule has 0 heterocycles. The van der Waals surface area contributed by atoms with Crippen molar-refractivity contribution in [3.63, 3.8) is 0 Å². The minimum Gasteiger partial charge on any atom is -0.382 e. The summed E-state index contributed by atoms with van der Waals surface area (Å²) in [6.45, 7) is 2.51. The van der Waals surface area contributed by atoms with Gasteiger partial charge in [0, 0.05) is 12.2 Å². The van der Waals surface area contributed by atoms with Gasteiger partial charge in [0.2, 0.25) is 0 Å². The zero-order chi connectivity index (χ0) is 11.4. The lowest BCUT2D eigenvalue weighted by atomic mass is 9.86. The average molecular weight is 221 g/mol. The zero-order valence-corrected chi connectivity index (χ0v) is 9.93. The molecule has 0 unspecified atom stereocenters. The van der Waals surface area contributed by atoms with Crippen molar-refractivity contribution in [2.24, 2.45) is 0 Å². The van der Waals surface area contributed by atoms with Crippen LogP contribution < -0.4 is 5.32 Å². The van der Waals surface area contributed by atoms with Crippen molar-refractivity contribution in [3.05, 3.63) is 29.8 Å². The smallest absolute Gasteiger partial charge is 0.128 e. The lowest BCUT2D eigenvalue weighted by Crippen LogP contribution is -2.34. The van der Waals surface area contributed by atoms with E-state index in [4.69, 9.17) is 0 Å². The molecular weight excluding hydrogens is 201 g/mol. The number of benzene rings is 1. The molecule has 0 aromatic heterocycles. The van der Waals surface area contributed by atoms with Crippen molar-refractivity contribution in [1.82, 2.24) is 0 Å². The number of halogens is 1. The number of hydrogen-bond donors (Lipinski definition) is 1. The van der Waals surface area contributed by atoms with Crippen molar-refractivity contribution in [2.75, 3.05) is 11.9 Å². The Bertz CT molecular complexity index is 325. The molecule has 0 amide bonds. The summed E-state index contributed by atoms with van der Waals surface area (Å²) in [6.07, 6.45) is 4.69. The van der Waals surface area contributed by atoms with E-state index >= 15 is 0 Å². The van der Waals surface area contributed by atoms with E-state index in [1.165, 1.54) is 12.0 Å². The molecule has 0 radical (unpaired) electrons. The standard InChI is InChI=1S/C14H20FN/c1-12-5-7-13(8-6-12)16-11-14(15)9-3-2-4-10-14/h5-8,16H,2-4,9-11H2,1H3. The van der Waals surface area contributed by atoms with Crippen molar-refractivity contribution in [3.8, 4) is 0 Å². The molecule has 0 bridgehead atoms. The summed E-state index contributed by atoms with van der Waals surface area (Å²) in [5.74, 6) is 0. The van der Waals surface area contributed by atoms with Crippen LogP contribution in [0.2, 0.25) is 0 Å². The normalized spacial score (nSPS) is 19.4. The summed E-state index contributed by atoms with van der Waals surface area (Å²) in [7, 11) is 0. The number of hydrogen-bond acceptors (Lipinski definition) is 1. The Morgan fingerprint density at radius 3 is 2.38 bits per heavy atom. The Labute approximate surface area is 97.1 Å². The number of rotatable bonds is 3. The minimum absolute atomic E-state index is 0.454. The molecule has 1 nitrogen and oxygen atoms in total. The molecule has 1 aliphatic carbocycles. The van der Waals surface area contributed by atoms with Gasteiger partial charge in [0.05, 0.1) is 0 Å². The lowest BCUT2D eigenvalue weighted by Gasteiger charge is -2.29. The minimum atomic E-state index is -0.983. The fraction of sp³-hybridized carbons (Fsp3) is 0.571. The van der Waals surface area contributed by atoms with Gasteiger partial charge in [-0.25, -0.2) is 4.39 Å². The first-order valence-corrected chi connectivity index (χ1v) is 6.17. The highest BCUT2D eigenvalue weighted by atomic mass is 19.1. The van der Waals surface area contributed by atoms with E-state index in [2.05, 4.69) is 12.2 Å². The second-order valence-electron chi connectivity index (χ2n) is 4.93. The number of aryl methyl sites for hydroxylation is 1. The summed E-state index contributed by atoms with van der Waals surface area (Å²) >= 11 is 0. The molecule has 0 spiro atoms. The maximum absolute atomic E-state index is 14.3. The highest BCUT2D eigenvalue weighted by Gasteiger charge is 2.31. The van der Waals surface area contributed by atoms with Crippen molar-refractivity contribution >= 4 is 5.69 Å². The zero-order valence-electron chi connectivity index (χ0n) is 9.93. The van der Waals surface area contributed by atoms with Gasteiger partial charge < -0.3 is 5.32 Å². The maximum atomic E-state index is 14.3. The van der Waals surface area contributed by atoms with Crippen molar-refractivity contribution < 1.29 is 4.39 Å². The Morgan fingerprint density at radius 1 is 1.12 bits per heavy atom. The van der Waals surface area contributed by atoms with E-state index < -0.39 is 5.67 Å². The van der Waals surface area contributed by atoms with Crippen LogP contribution in [0.5, 0.6) is 0 Å². The van der Waals surface area contributed by atoms with E-state index in [9.17, 15) is 4.39 Å². The van der Waals surface area contributed by atoms with Gasteiger partial charge in [0.1, 0.15) is 5.67 Å². The quantitative estimate of drug-likeness (QED) is 0.811. The monoisotopic (exact) mass is 221 g/mol. The molecule has 1 aromatic carbocycles. The van der Waals surface area contributed by atoms with Crippen LogP contribution in [-0.2, 0) is 0 Å². The molecular formula is C14H20FN. The fourth-order valence-electron chi connectivity index (χ4n) is 2.29. The highest BCUT2D eigenvalue weighted by Crippen LogP contribution is 2.31. The topological polar surface area (TPSA) is 12.0 Å². The van der Waals surface area contributed by atoms with Gasteiger partial charge in [0.15, 0.2) is 0 Å². The molecule has 1 aromatic rings. The molecule has 2 heteroatoms. The van der Waals surface area contributed by atoms with Gasteiger partial charge in [-0.15, -0.1) is 0 Å². The van der Waals surface area contributed by atoms with E-state index in [0.29, 0.717) is 19.4 Å². The third-order valence-electron chi connectivity index (χ3n) is 3.41. The van der Waals surface area contributed by atoms with Crippen LogP contribution in [0.4, 0.5) is 10.1 Å². The fourth-order valence-corrected chi connectivity index (χ4v) is 2.29. The van der Waals surface area contributed by atoms with Crippen LogP contribution in [0.3, 0.4) is 0 Å². The van der Waals surface area contributed by atoms with Gasteiger partial charge in [-0.3, -0.25) is 0 Å². The maximum Gasteiger partial charge on any atom is 0.128 e. The summed E-state index contributed by atoms with van der Waals surface area (Å²) in [4.78, 5) is 0. The molecule has 16 heavy (non-hydrogen) atoms. The Hall–Kier alpha value is -1.05. The molecule has 1 fully saturated rings. The van der Waals surface area contributed by atoms with Crippen LogP contribution in [0.1, 0.15) is 37.7 Å². The Balaban J connectivity index is 1.88. The van der Waals surface area contributed by atoms with E-state index in [1.54, 1.807) is 0 Å². The van der Waals surface area contributed by atoms with Gasteiger partial charge in [0.25, 0.3) is 0 Å². The summed E-state index contributed by atoms with van der Waals surface area (Å²) < 4.78 is 14.3. The van der Waals surface area contributed by atoms with Crippen LogP contribution in [0.25, 0.3) is 0 Å². The first-order chi connectivity index (χ1) is 7.68. The second-order valence-corrected chi connectivity index (χ2v) is 4.93. The molecule has 0 saturated heterocycles. The SMILES string of the molecule is Cc1ccc(NCC2(F)CCCCC2)cc1. The summed E-state index contributed by atoms with van der Waals surface area (Å²) in [5.41, 5.74) is 1.27. The first kappa shape index (κ1) is 11.4. The third kappa shape index (κ3) is 2.97. The Morgan fingerprint density at radius 2 is 1.75 bits per heavy atom. The van der Waals surface area contributed by atoms with E-state index in [1.807, 2.05) is 24.3 Å².